The lowest BCUT2D eigenvalue weighted by molar-refractivity contribution is 0.432. The van der Waals surface area contributed by atoms with Gasteiger partial charge < -0.3 is 9.73 Å². The average molecular weight is 453 g/mol. The van der Waals surface area contributed by atoms with Gasteiger partial charge in [0.25, 0.3) is 5.89 Å². The fourth-order valence-electron chi connectivity index (χ4n) is 3.18. The molecule has 3 aromatic rings. The molecule has 158 valence electrons. The molecule has 1 atom stereocenters. The summed E-state index contributed by atoms with van der Waals surface area (Å²) in [6, 6.07) is 6.69. The molecule has 1 aliphatic rings. The summed E-state index contributed by atoms with van der Waals surface area (Å²) >= 11 is 0.977. The molecule has 1 aromatic carbocycles. The predicted molar refractivity (Wildman–Crippen MR) is 109 cm³/mol. The zero-order valence-corrected chi connectivity index (χ0v) is 17.9. The highest BCUT2D eigenvalue weighted by atomic mass is 32.2. The predicted octanol–water partition coefficient (Wildman–Crippen LogP) is 3.73. The molecule has 1 fully saturated rings. The van der Waals surface area contributed by atoms with Crippen molar-refractivity contribution >= 4 is 27.0 Å². The molecule has 1 saturated heterocycles. The minimum Gasteiger partial charge on any atom is -0.415 e. The quantitative estimate of drug-likeness (QED) is 0.627. The fraction of sp³-hybridized carbons (Fsp3) is 0.316. The van der Waals surface area contributed by atoms with E-state index in [1.807, 2.05) is 0 Å². The topological polar surface area (TPSA) is 109 Å². The Balaban J connectivity index is 1.69. The molecule has 1 aliphatic heterocycles. The number of benzene rings is 1. The second-order valence-electron chi connectivity index (χ2n) is 7.81. The average Bonchev–Trinajstić information content (AvgIpc) is 3.27. The summed E-state index contributed by atoms with van der Waals surface area (Å²) in [5, 5.41) is 18.8. The molecule has 0 aliphatic carbocycles. The molecule has 0 amide bonds. The summed E-state index contributed by atoms with van der Waals surface area (Å²) in [4.78, 5) is 0.447. The van der Waals surface area contributed by atoms with E-state index in [9.17, 15) is 17.2 Å². The van der Waals surface area contributed by atoms with Crippen molar-refractivity contribution in [2.75, 3.05) is 5.75 Å². The van der Waals surface area contributed by atoms with Crippen LogP contribution in [0, 0.1) is 17.0 Å². The molecule has 0 unspecified atom stereocenters. The van der Waals surface area contributed by atoms with Crippen molar-refractivity contribution in [3.8, 4) is 22.2 Å². The summed E-state index contributed by atoms with van der Waals surface area (Å²) in [5.41, 5.74) is -0.798. The van der Waals surface area contributed by atoms with Gasteiger partial charge in [0.15, 0.2) is 9.84 Å². The van der Waals surface area contributed by atoms with Crippen LogP contribution >= 0.6 is 11.3 Å². The highest BCUT2D eigenvalue weighted by Gasteiger charge is 2.51. The van der Waals surface area contributed by atoms with Crippen LogP contribution in [0.2, 0.25) is 0 Å². The maximum Gasteiger partial charge on any atom is 0.258 e. The van der Waals surface area contributed by atoms with Crippen molar-refractivity contribution in [1.29, 1.82) is 5.41 Å². The number of nitrogens with one attached hydrogen (secondary N) is 2. The molecule has 0 bridgehead atoms. The van der Waals surface area contributed by atoms with Gasteiger partial charge in [0, 0.05) is 5.56 Å². The summed E-state index contributed by atoms with van der Waals surface area (Å²) in [6.45, 7) is 4.44. The molecule has 3 heterocycles. The first kappa shape index (κ1) is 20.6. The number of nitrogens with zero attached hydrogens (tertiary/aromatic N) is 2. The first-order valence-electron chi connectivity index (χ1n) is 8.92. The van der Waals surface area contributed by atoms with Gasteiger partial charge in [0.1, 0.15) is 22.2 Å². The molecular weight excluding hydrogens is 434 g/mol. The SMILES string of the molecule is CC1(C)C(=N)N[C@](C)(c2sc(-c3nnc(-c4ccc(F)cc4)o3)cc2F)CS1(=O)=O. The lowest BCUT2D eigenvalue weighted by atomic mass is 9.99. The minimum absolute atomic E-state index is 0.0575. The first-order valence-corrected chi connectivity index (χ1v) is 11.4. The second kappa shape index (κ2) is 6.67. The maximum atomic E-state index is 14.8. The molecular formula is C19H18F2N4O3S2. The normalized spacial score (nSPS) is 22.6. The lowest BCUT2D eigenvalue weighted by Gasteiger charge is -2.42. The molecule has 2 aromatic heterocycles. The van der Waals surface area contributed by atoms with E-state index >= 15 is 0 Å². The minimum atomic E-state index is -3.70. The Hall–Kier alpha value is -2.66. The van der Waals surface area contributed by atoms with Crippen LogP contribution in [0.3, 0.4) is 0 Å². The Morgan fingerprint density at radius 2 is 1.77 bits per heavy atom. The molecule has 2 N–H and O–H groups in total. The Kier molecular flexibility index (Phi) is 4.58. The summed E-state index contributed by atoms with van der Waals surface area (Å²) < 4.78 is 57.6. The van der Waals surface area contributed by atoms with E-state index in [1.54, 1.807) is 6.92 Å². The van der Waals surface area contributed by atoms with Gasteiger partial charge in [-0.1, -0.05) is 0 Å². The highest BCUT2D eigenvalue weighted by Crippen LogP contribution is 2.41. The molecule has 7 nitrogen and oxygen atoms in total. The van der Waals surface area contributed by atoms with E-state index in [4.69, 9.17) is 9.83 Å². The number of thiophene rings is 1. The maximum absolute atomic E-state index is 14.8. The van der Waals surface area contributed by atoms with Crippen molar-refractivity contribution in [2.24, 2.45) is 0 Å². The number of amidine groups is 1. The van der Waals surface area contributed by atoms with E-state index in [0.29, 0.717) is 10.4 Å². The molecule has 11 heteroatoms. The Morgan fingerprint density at radius 3 is 2.40 bits per heavy atom. The van der Waals surface area contributed by atoms with Crippen LogP contribution in [0.4, 0.5) is 8.78 Å². The molecule has 4 rings (SSSR count). The van der Waals surface area contributed by atoms with Gasteiger partial charge >= 0.3 is 0 Å². The fourth-order valence-corrected chi connectivity index (χ4v) is 6.03. The lowest BCUT2D eigenvalue weighted by Crippen LogP contribution is -2.63. The van der Waals surface area contributed by atoms with Gasteiger partial charge in [0.05, 0.1) is 21.0 Å². The highest BCUT2D eigenvalue weighted by molar-refractivity contribution is 7.93. The van der Waals surface area contributed by atoms with Crippen molar-refractivity contribution in [3.63, 3.8) is 0 Å². The van der Waals surface area contributed by atoms with Crippen molar-refractivity contribution < 1.29 is 21.6 Å². The van der Waals surface area contributed by atoms with Crippen LogP contribution in [-0.2, 0) is 15.4 Å². The number of sulfone groups is 1. The van der Waals surface area contributed by atoms with E-state index in [-0.39, 0.29) is 28.2 Å². The van der Waals surface area contributed by atoms with E-state index in [2.05, 4.69) is 15.5 Å². The Labute approximate surface area is 175 Å². The number of hydrogen-bond acceptors (Lipinski definition) is 7. The van der Waals surface area contributed by atoms with Gasteiger partial charge in [-0.2, -0.15) is 0 Å². The standard InChI is InChI=1S/C19H18F2N4O3S2/c1-18(2)17(22)23-19(3,9-30(18,26)27)14-12(21)8-13(29-14)16-25-24-15(28-16)10-4-6-11(20)7-5-10/h4-8H,9H2,1-3H3,(H2,22,23)/t19-/m0/s1. The Morgan fingerprint density at radius 1 is 1.13 bits per heavy atom. The summed E-state index contributed by atoms with van der Waals surface area (Å²) in [7, 11) is -3.70. The van der Waals surface area contributed by atoms with E-state index < -0.39 is 31.8 Å². The van der Waals surface area contributed by atoms with Crippen molar-refractivity contribution in [3.05, 3.63) is 46.8 Å². The first-order chi connectivity index (χ1) is 13.9. The zero-order valence-electron chi connectivity index (χ0n) is 16.3. The van der Waals surface area contributed by atoms with Crippen LogP contribution in [0.25, 0.3) is 22.2 Å². The summed E-state index contributed by atoms with van der Waals surface area (Å²) in [5.74, 6) is -1.39. The second-order valence-corrected chi connectivity index (χ2v) is 11.4. The summed E-state index contributed by atoms with van der Waals surface area (Å²) in [6.07, 6.45) is 0. The van der Waals surface area contributed by atoms with E-state index in [1.165, 1.54) is 44.2 Å². The largest absolute Gasteiger partial charge is 0.415 e. The number of halogens is 2. The van der Waals surface area contributed by atoms with Crippen LogP contribution in [-0.4, -0.2) is 35.0 Å². The smallest absolute Gasteiger partial charge is 0.258 e. The van der Waals surface area contributed by atoms with Crippen molar-refractivity contribution in [1.82, 2.24) is 15.5 Å². The van der Waals surface area contributed by atoms with Gasteiger partial charge in [-0.15, -0.1) is 21.5 Å². The number of hydrogen-bond donors (Lipinski definition) is 2. The molecule has 0 radical (unpaired) electrons. The van der Waals surface area contributed by atoms with Crippen LogP contribution in [0.5, 0.6) is 0 Å². The van der Waals surface area contributed by atoms with Gasteiger partial charge in [-0.25, -0.2) is 17.2 Å². The van der Waals surface area contributed by atoms with Gasteiger partial charge in [-0.05, 0) is 51.1 Å². The molecule has 0 spiro atoms. The Bertz CT molecular complexity index is 1250. The van der Waals surface area contributed by atoms with Gasteiger partial charge in [0.2, 0.25) is 5.89 Å². The number of aromatic nitrogens is 2. The third-order valence-corrected chi connectivity index (χ3v) is 9.25. The van der Waals surface area contributed by atoms with Crippen LogP contribution in [0.15, 0.2) is 34.7 Å². The van der Waals surface area contributed by atoms with Gasteiger partial charge in [-0.3, -0.25) is 5.41 Å². The van der Waals surface area contributed by atoms with E-state index in [0.717, 1.165) is 11.3 Å². The van der Waals surface area contributed by atoms with Crippen molar-refractivity contribution in [2.45, 2.75) is 31.1 Å². The number of rotatable bonds is 3. The molecule has 0 saturated carbocycles. The monoisotopic (exact) mass is 452 g/mol. The third-order valence-electron chi connectivity index (χ3n) is 5.17. The zero-order chi connectivity index (χ0) is 21.9. The third kappa shape index (κ3) is 3.21. The van der Waals surface area contributed by atoms with Crippen LogP contribution < -0.4 is 5.32 Å². The van der Waals surface area contributed by atoms with Crippen LogP contribution in [0.1, 0.15) is 25.6 Å². The molecule has 30 heavy (non-hydrogen) atoms.